The molecular weight excluding hydrogens is 449 g/mol. The van der Waals surface area contributed by atoms with Crippen molar-refractivity contribution in [1.29, 1.82) is 0 Å². The van der Waals surface area contributed by atoms with E-state index in [0.717, 1.165) is 17.4 Å². The van der Waals surface area contributed by atoms with Crippen molar-refractivity contribution in [3.8, 4) is 0 Å². The number of hydrogen-bond donors (Lipinski definition) is 1. The number of halogens is 5. The minimum Gasteiger partial charge on any atom is -0.348 e. The average Bonchev–Trinajstić information content (AvgIpc) is 3.48. The number of amides is 1. The van der Waals surface area contributed by atoms with Crippen molar-refractivity contribution in [2.45, 2.75) is 31.6 Å². The van der Waals surface area contributed by atoms with Gasteiger partial charge < -0.3 is 9.88 Å². The Bertz CT molecular complexity index is 1290. The summed E-state index contributed by atoms with van der Waals surface area (Å²) in [6, 6.07) is 6.33. The summed E-state index contributed by atoms with van der Waals surface area (Å²) in [7, 11) is 0. The highest BCUT2D eigenvalue weighted by atomic mass is 19.4. The smallest absolute Gasteiger partial charge is 0.348 e. The van der Waals surface area contributed by atoms with Crippen LogP contribution in [0.3, 0.4) is 0 Å². The third kappa shape index (κ3) is 3.72. The number of imidazole rings is 1. The highest BCUT2D eigenvalue weighted by molar-refractivity contribution is 5.96. The molecule has 0 spiro atoms. The molecule has 1 N–H and O–H groups in total. The fourth-order valence-electron chi connectivity index (χ4n) is 4.13. The highest BCUT2D eigenvalue weighted by Crippen LogP contribution is 2.36. The molecule has 8 nitrogen and oxygen atoms in total. The minimum absolute atomic E-state index is 0.125. The Kier molecular flexibility index (Phi) is 4.91. The Morgan fingerprint density at radius 1 is 1.27 bits per heavy atom. The van der Waals surface area contributed by atoms with Gasteiger partial charge in [0, 0.05) is 24.9 Å². The third-order valence-electron chi connectivity index (χ3n) is 5.50. The lowest BCUT2D eigenvalue weighted by Gasteiger charge is -2.34. The molecule has 0 aliphatic carbocycles. The number of hydrogen-bond acceptors (Lipinski definition) is 4. The van der Waals surface area contributed by atoms with E-state index in [2.05, 4.69) is 20.2 Å². The van der Waals surface area contributed by atoms with Gasteiger partial charge in [-0.3, -0.25) is 9.48 Å². The van der Waals surface area contributed by atoms with Crippen molar-refractivity contribution < 1.29 is 26.7 Å². The summed E-state index contributed by atoms with van der Waals surface area (Å²) in [6.07, 6.45) is -3.79. The molecule has 0 radical (unpaired) electrons. The number of carbonyl (C=O) groups excluding carboxylic acids is 1. The molecule has 5 rings (SSSR count). The van der Waals surface area contributed by atoms with Crippen LogP contribution in [0.25, 0.3) is 5.52 Å². The van der Waals surface area contributed by atoms with Crippen molar-refractivity contribution >= 4 is 11.4 Å². The van der Waals surface area contributed by atoms with E-state index < -0.39 is 42.4 Å². The first-order valence-electron chi connectivity index (χ1n) is 9.91. The second-order valence-corrected chi connectivity index (χ2v) is 7.57. The van der Waals surface area contributed by atoms with Crippen molar-refractivity contribution in [2.24, 2.45) is 0 Å². The molecule has 0 fully saturated rings. The molecule has 33 heavy (non-hydrogen) atoms. The standard InChI is InChI=1S/C20H16F5N7O/c21-18(22)16-12(8-28-32(16)9-20(23,24)25)19(33)30-6-4-13-15(27-10-26-13)17(30)14-7-11-3-1-2-5-31(11)29-14/h1-3,5,7-8,10,17-18H,4,6,9H2,(H,26,27)/t17-/m1/s1. The fourth-order valence-corrected chi connectivity index (χ4v) is 4.13. The number of carbonyl (C=O) groups is 1. The molecule has 1 aliphatic rings. The fraction of sp³-hybridized carbons (Fsp3) is 0.300. The van der Waals surface area contributed by atoms with Crippen LogP contribution in [0.5, 0.6) is 0 Å². The van der Waals surface area contributed by atoms with Crippen LogP contribution in [-0.2, 0) is 13.0 Å². The van der Waals surface area contributed by atoms with Crippen LogP contribution in [-0.4, -0.2) is 52.9 Å². The number of H-pyrrole nitrogens is 1. The van der Waals surface area contributed by atoms with E-state index in [0.29, 0.717) is 17.8 Å². The van der Waals surface area contributed by atoms with Gasteiger partial charge in [0.25, 0.3) is 12.3 Å². The van der Waals surface area contributed by atoms with Crippen LogP contribution in [0.15, 0.2) is 43.0 Å². The molecule has 1 aliphatic heterocycles. The van der Waals surface area contributed by atoms with Crippen LogP contribution in [0.2, 0.25) is 0 Å². The van der Waals surface area contributed by atoms with Crippen molar-refractivity contribution in [1.82, 2.24) is 34.3 Å². The lowest BCUT2D eigenvalue weighted by molar-refractivity contribution is -0.143. The SMILES string of the molecule is O=C(c1cnn(CC(F)(F)F)c1C(F)F)N1CCc2[nH]cnc2[C@H]1c1cc2ccccn2n1. The second-order valence-electron chi connectivity index (χ2n) is 7.57. The van der Waals surface area contributed by atoms with Crippen molar-refractivity contribution in [2.75, 3.05) is 6.54 Å². The van der Waals surface area contributed by atoms with Gasteiger partial charge in [-0.05, 0) is 18.2 Å². The van der Waals surface area contributed by atoms with Crippen LogP contribution in [0.1, 0.15) is 45.6 Å². The summed E-state index contributed by atoms with van der Waals surface area (Å²) in [4.78, 5) is 22.0. The molecule has 13 heteroatoms. The number of pyridine rings is 1. The van der Waals surface area contributed by atoms with E-state index in [4.69, 9.17) is 0 Å². The summed E-state index contributed by atoms with van der Waals surface area (Å²) >= 11 is 0. The Morgan fingerprint density at radius 2 is 2.09 bits per heavy atom. The van der Waals surface area contributed by atoms with Gasteiger partial charge in [0.2, 0.25) is 0 Å². The largest absolute Gasteiger partial charge is 0.408 e. The second kappa shape index (κ2) is 7.67. The molecule has 0 saturated carbocycles. The zero-order valence-corrected chi connectivity index (χ0v) is 16.8. The van der Waals surface area contributed by atoms with Gasteiger partial charge in [0.1, 0.15) is 18.3 Å². The first kappa shape index (κ1) is 21.1. The molecule has 0 bridgehead atoms. The van der Waals surface area contributed by atoms with E-state index in [9.17, 15) is 26.7 Å². The number of alkyl halides is 5. The van der Waals surface area contributed by atoms with Gasteiger partial charge in [0.05, 0.1) is 35.0 Å². The number of rotatable bonds is 4. The van der Waals surface area contributed by atoms with Crippen LogP contribution in [0, 0.1) is 0 Å². The van der Waals surface area contributed by atoms with Gasteiger partial charge >= 0.3 is 6.18 Å². The highest BCUT2D eigenvalue weighted by Gasteiger charge is 2.39. The molecule has 4 aromatic heterocycles. The molecule has 0 unspecified atom stereocenters. The minimum atomic E-state index is -4.77. The molecule has 0 aromatic carbocycles. The van der Waals surface area contributed by atoms with Crippen molar-refractivity contribution in [3.63, 3.8) is 0 Å². The number of aromatic amines is 1. The summed E-state index contributed by atoms with van der Waals surface area (Å²) in [5.41, 5.74) is 0.806. The topological polar surface area (TPSA) is 84.1 Å². The first-order valence-corrected chi connectivity index (χ1v) is 9.91. The maximum absolute atomic E-state index is 13.7. The van der Waals surface area contributed by atoms with Gasteiger partial charge in [-0.2, -0.15) is 23.4 Å². The van der Waals surface area contributed by atoms with Gasteiger partial charge in [-0.1, -0.05) is 6.07 Å². The molecule has 5 heterocycles. The summed E-state index contributed by atoms with van der Waals surface area (Å²) < 4.78 is 67.7. The van der Waals surface area contributed by atoms with E-state index in [1.807, 2.05) is 12.1 Å². The predicted molar refractivity (Wildman–Crippen MR) is 104 cm³/mol. The molecule has 4 aromatic rings. The zero-order valence-electron chi connectivity index (χ0n) is 16.8. The van der Waals surface area contributed by atoms with Crippen molar-refractivity contribution in [3.05, 3.63) is 71.3 Å². The van der Waals surface area contributed by atoms with Crippen LogP contribution < -0.4 is 0 Å². The quantitative estimate of drug-likeness (QED) is 0.468. The zero-order chi connectivity index (χ0) is 23.3. The molecule has 1 amide bonds. The predicted octanol–water partition coefficient (Wildman–Crippen LogP) is 3.54. The number of fused-ring (bicyclic) bond motifs is 2. The lowest BCUT2D eigenvalue weighted by Crippen LogP contribution is -2.41. The van der Waals surface area contributed by atoms with Gasteiger partial charge in [-0.15, -0.1) is 0 Å². The van der Waals surface area contributed by atoms with Crippen LogP contribution in [0.4, 0.5) is 22.0 Å². The average molecular weight is 465 g/mol. The Morgan fingerprint density at radius 3 is 2.82 bits per heavy atom. The van der Waals surface area contributed by atoms with Gasteiger partial charge in [0.15, 0.2) is 0 Å². The van der Waals surface area contributed by atoms with Gasteiger partial charge in [-0.25, -0.2) is 18.3 Å². The number of nitrogens with one attached hydrogen (secondary N) is 1. The maximum atomic E-state index is 13.7. The Labute approximate surface area is 182 Å². The number of aromatic nitrogens is 6. The number of nitrogens with zero attached hydrogens (tertiary/aromatic N) is 6. The Hall–Kier alpha value is -3.77. The van der Waals surface area contributed by atoms with E-state index in [1.54, 1.807) is 22.8 Å². The maximum Gasteiger partial charge on any atom is 0.408 e. The molecule has 1 atom stereocenters. The lowest BCUT2D eigenvalue weighted by atomic mass is 9.98. The Balaban J connectivity index is 1.58. The molecular formula is C20H16F5N7O. The summed E-state index contributed by atoms with van der Waals surface area (Å²) in [5, 5.41) is 7.94. The van der Waals surface area contributed by atoms with E-state index >= 15 is 0 Å². The normalized spacial score (nSPS) is 16.5. The van der Waals surface area contributed by atoms with E-state index in [-0.39, 0.29) is 11.2 Å². The summed E-state index contributed by atoms with van der Waals surface area (Å²) in [5.74, 6) is -0.866. The molecule has 0 saturated heterocycles. The van der Waals surface area contributed by atoms with Crippen LogP contribution >= 0.6 is 0 Å². The first-order chi connectivity index (χ1) is 15.7. The monoisotopic (exact) mass is 465 g/mol. The van der Waals surface area contributed by atoms with E-state index in [1.165, 1.54) is 11.2 Å². The summed E-state index contributed by atoms with van der Waals surface area (Å²) in [6.45, 7) is -1.60. The molecule has 172 valence electrons. The third-order valence-corrected chi connectivity index (χ3v) is 5.50.